The third-order valence-electron chi connectivity index (χ3n) is 12.9. The predicted octanol–water partition coefficient (Wildman–Crippen LogP) is 17.1. The number of fused-ring (bicyclic) bond motifs is 11. The maximum Gasteiger partial charge on any atom is 0.0719 e. The second-order valence-electron chi connectivity index (χ2n) is 16.5. The Morgan fingerprint density at radius 2 is 0.609 bits per heavy atom. The van der Waals surface area contributed by atoms with E-state index in [9.17, 15) is 0 Å². The van der Waals surface area contributed by atoms with Crippen molar-refractivity contribution < 1.29 is 0 Å². The molecule has 3 heterocycles. The monoisotopic (exact) mass is 833 g/mol. The summed E-state index contributed by atoms with van der Waals surface area (Å²) in [6.07, 6.45) is 0. The van der Waals surface area contributed by atoms with Gasteiger partial charge in [-0.25, -0.2) is 0 Å². The van der Waals surface area contributed by atoms with Crippen molar-refractivity contribution in [2.45, 2.75) is 0 Å². The first-order valence-corrected chi connectivity index (χ1v) is 22.7. The molecule has 13 aromatic rings. The molecule has 0 radical (unpaired) electrons. The van der Waals surface area contributed by atoms with E-state index in [1.54, 1.807) is 0 Å². The topological polar surface area (TPSA) is 13.1 Å². The quantitative estimate of drug-likeness (QED) is 0.156. The average Bonchev–Trinajstić information content (AvgIpc) is 4.04. The molecule has 0 saturated heterocycles. The lowest BCUT2D eigenvalue weighted by Crippen LogP contribution is -2.10. The summed E-state index contributed by atoms with van der Waals surface area (Å²) in [5.74, 6) is 0. The second kappa shape index (κ2) is 14.7. The smallest absolute Gasteiger partial charge is 0.0719 e. The van der Waals surface area contributed by atoms with E-state index in [1.165, 1.54) is 91.7 Å². The van der Waals surface area contributed by atoms with Gasteiger partial charge in [-0.1, -0.05) is 164 Å². The summed E-state index contributed by atoms with van der Waals surface area (Å²) >= 11 is 1.92. The molecule has 3 aromatic heterocycles. The van der Waals surface area contributed by atoms with Crippen molar-refractivity contribution in [1.29, 1.82) is 0 Å². The van der Waals surface area contributed by atoms with Crippen LogP contribution in [0.1, 0.15) is 0 Å². The highest BCUT2D eigenvalue weighted by Crippen LogP contribution is 2.47. The van der Waals surface area contributed by atoms with Gasteiger partial charge >= 0.3 is 0 Å². The van der Waals surface area contributed by atoms with Gasteiger partial charge in [-0.3, -0.25) is 0 Å². The normalized spacial score (nSPS) is 11.8. The lowest BCUT2D eigenvalue weighted by atomic mass is 10.0. The number of hydrogen-bond acceptors (Lipinski definition) is 2. The molecule has 300 valence electrons. The van der Waals surface area contributed by atoms with Crippen molar-refractivity contribution in [2.75, 3.05) is 4.90 Å². The zero-order chi connectivity index (χ0) is 42.1. The molecule has 0 aliphatic rings. The fourth-order valence-electron chi connectivity index (χ4n) is 9.97. The fraction of sp³-hybridized carbons (Fsp3) is 0. The lowest BCUT2D eigenvalue weighted by Gasteiger charge is -2.26. The van der Waals surface area contributed by atoms with Crippen LogP contribution in [0.4, 0.5) is 17.1 Å². The van der Waals surface area contributed by atoms with E-state index in [0.29, 0.717) is 0 Å². The molecule has 0 saturated carbocycles. The van der Waals surface area contributed by atoms with E-state index >= 15 is 0 Å². The summed E-state index contributed by atoms with van der Waals surface area (Å²) in [6.45, 7) is 0. The van der Waals surface area contributed by atoms with Crippen LogP contribution in [0.3, 0.4) is 0 Å². The Balaban J connectivity index is 0.991. The van der Waals surface area contributed by atoms with Gasteiger partial charge in [-0.15, -0.1) is 11.3 Å². The number of para-hydroxylation sites is 3. The van der Waals surface area contributed by atoms with Crippen LogP contribution in [-0.4, -0.2) is 9.13 Å². The van der Waals surface area contributed by atoms with Crippen LogP contribution in [0.5, 0.6) is 0 Å². The maximum atomic E-state index is 2.49. The summed E-state index contributed by atoms with van der Waals surface area (Å²) in [4.78, 5) is 2.36. The van der Waals surface area contributed by atoms with Crippen molar-refractivity contribution in [3.63, 3.8) is 0 Å². The summed E-state index contributed by atoms with van der Waals surface area (Å²) in [5.41, 5.74) is 15.3. The first-order valence-electron chi connectivity index (χ1n) is 21.8. The number of hydrogen-bond donors (Lipinski definition) is 0. The van der Waals surface area contributed by atoms with E-state index in [1.807, 2.05) is 11.3 Å². The van der Waals surface area contributed by atoms with Crippen molar-refractivity contribution in [3.8, 4) is 33.6 Å². The molecule has 0 aliphatic heterocycles. The third kappa shape index (κ3) is 5.73. The molecule has 0 fully saturated rings. The molecule has 64 heavy (non-hydrogen) atoms. The Kier molecular flexibility index (Phi) is 8.40. The number of rotatable bonds is 7. The summed E-state index contributed by atoms with van der Waals surface area (Å²) < 4.78 is 7.55. The van der Waals surface area contributed by atoms with Crippen LogP contribution in [0.2, 0.25) is 0 Å². The number of anilines is 3. The van der Waals surface area contributed by atoms with Gasteiger partial charge in [0.25, 0.3) is 0 Å². The van der Waals surface area contributed by atoms with Gasteiger partial charge in [0.15, 0.2) is 0 Å². The molecule has 0 N–H and O–H groups in total. The van der Waals surface area contributed by atoms with Crippen LogP contribution < -0.4 is 4.90 Å². The highest BCUT2D eigenvalue weighted by atomic mass is 32.1. The first kappa shape index (κ1) is 36.5. The third-order valence-corrected chi connectivity index (χ3v) is 14.2. The van der Waals surface area contributed by atoms with Crippen molar-refractivity contribution in [2.24, 2.45) is 0 Å². The Hall–Kier alpha value is -8.18. The zero-order valence-corrected chi connectivity index (χ0v) is 35.6. The van der Waals surface area contributed by atoms with Gasteiger partial charge in [0.1, 0.15) is 0 Å². The van der Waals surface area contributed by atoms with Gasteiger partial charge < -0.3 is 14.0 Å². The van der Waals surface area contributed by atoms with Gasteiger partial charge in [-0.2, -0.15) is 0 Å². The minimum atomic E-state index is 1.09. The minimum absolute atomic E-state index is 1.09. The van der Waals surface area contributed by atoms with Gasteiger partial charge in [-0.05, 0) is 95.1 Å². The number of thiophene rings is 1. The highest BCUT2D eigenvalue weighted by molar-refractivity contribution is 7.27. The highest BCUT2D eigenvalue weighted by Gasteiger charge is 2.22. The van der Waals surface area contributed by atoms with E-state index in [2.05, 4.69) is 251 Å². The molecule has 0 amide bonds. The molecule has 4 heteroatoms. The summed E-state index contributed by atoms with van der Waals surface area (Å²) in [7, 11) is 0. The summed E-state index contributed by atoms with van der Waals surface area (Å²) in [6, 6.07) is 86.0. The van der Waals surface area contributed by atoms with Crippen LogP contribution in [-0.2, 0) is 0 Å². The standard InChI is InChI=1S/C60H39N3S/c1-4-14-40(15-5-1)42-24-28-45(29-25-42)61(46-30-26-43(27-31-46)41-16-6-2-7-17-41)47-32-34-48(35-33-47)63-56-23-13-11-21-50(56)52-37-39-54-53-38-36-51-49-20-10-12-22-55(49)62(44-18-8-3-9-19-44)57(51)59(53)64-60(54)58(52)63/h1-39H. The molecular weight excluding hydrogens is 795 g/mol. The van der Waals surface area contributed by atoms with Crippen LogP contribution in [0.25, 0.3) is 97.4 Å². The van der Waals surface area contributed by atoms with Gasteiger partial charge in [0, 0.05) is 60.8 Å². The minimum Gasteiger partial charge on any atom is -0.311 e. The molecule has 10 aromatic carbocycles. The van der Waals surface area contributed by atoms with Crippen molar-refractivity contribution >= 4 is 92.2 Å². The van der Waals surface area contributed by atoms with E-state index < -0.39 is 0 Å². The van der Waals surface area contributed by atoms with Crippen LogP contribution in [0, 0.1) is 0 Å². The Morgan fingerprint density at radius 3 is 1.06 bits per heavy atom. The molecule has 0 aliphatic carbocycles. The Labute approximate surface area is 374 Å². The fourth-order valence-corrected chi connectivity index (χ4v) is 11.3. The predicted molar refractivity (Wildman–Crippen MR) is 274 cm³/mol. The molecule has 3 nitrogen and oxygen atoms in total. The van der Waals surface area contributed by atoms with E-state index in [-0.39, 0.29) is 0 Å². The molecule has 0 spiro atoms. The molecule has 0 atom stereocenters. The van der Waals surface area contributed by atoms with Crippen LogP contribution >= 0.6 is 11.3 Å². The number of aromatic nitrogens is 2. The average molecular weight is 834 g/mol. The molecule has 0 unspecified atom stereocenters. The molecule has 0 bridgehead atoms. The van der Waals surface area contributed by atoms with Crippen molar-refractivity contribution in [3.05, 3.63) is 237 Å². The van der Waals surface area contributed by atoms with E-state index in [4.69, 9.17) is 0 Å². The first-order chi connectivity index (χ1) is 31.8. The van der Waals surface area contributed by atoms with Gasteiger partial charge in [0.2, 0.25) is 0 Å². The SMILES string of the molecule is c1ccc(-c2ccc(N(c3ccc(-c4ccccc4)cc3)c3ccc(-n4c5ccccc5c5ccc6c7ccc8c9ccccc9n(-c9ccccc9)c8c7sc6c54)cc3)cc2)cc1. The number of benzene rings is 10. The van der Waals surface area contributed by atoms with E-state index in [0.717, 1.165) is 22.7 Å². The molecular formula is C60H39N3S. The van der Waals surface area contributed by atoms with Crippen molar-refractivity contribution in [1.82, 2.24) is 9.13 Å². The van der Waals surface area contributed by atoms with Crippen LogP contribution in [0.15, 0.2) is 237 Å². The second-order valence-corrected chi connectivity index (χ2v) is 17.5. The lowest BCUT2D eigenvalue weighted by molar-refractivity contribution is 1.18. The largest absolute Gasteiger partial charge is 0.311 e. The summed E-state index contributed by atoms with van der Waals surface area (Å²) in [5, 5.41) is 7.63. The molecule has 13 rings (SSSR count). The Bertz CT molecular complexity index is 3760. The Morgan fingerprint density at radius 1 is 0.266 bits per heavy atom. The maximum absolute atomic E-state index is 2.49. The zero-order valence-electron chi connectivity index (χ0n) is 34.8. The van der Waals surface area contributed by atoms with Gasteiger partial charge in [0.05, 0.1) is 31.5 Å². The number of nitrogens with zero attached hydrogens (tertiary/aromatic N) is 3.